The molecule has 5 aromatic rings. The van der Waals surface area contributed by atoms with Crippen LogP contribution in [0.4, 0.5) is 11.5 Å². The molecule has 0 bridgehead atoms. The van der Waals surface area contributed by atoms with Crippen molar-refractivity contribution in [2.75, 3.05) is 5.32 Å². The Morgan fingerprint density at radius 2 is 2.06 bits per heavy atom. The first-order valence-electron chi connectivity index (χ1n) is 11.0. The zero-order valence-electron chi connectivity index (χ0n) is 17.8. The predicted octanol–water partition coefficient (Wildman–Crippen LogP) is 4.73. The molecule has 33 heavy (non-hydrogen) atoms. The van der Waals surface area contributed by atoms with Gasteiger partial charge in [0.2, 0.25) is 5.91 Å². The summed E-state index contributed by atoms with van der Waals surface area (Å²) in [6.45, 7) is 0.565. The van der Waals surface area contributed by atoms with Crippen LogP contribution in [0.1, 0.15) is 22.4 Å². The highest BCUT2D eigenvalue weighted by Crippen LogP contribution is 2.40. The van der Waals surface area contributed by atoms with Gasteiger partial charge in [-0.15, -0.1) is 11.3 Å². The molecular formula is C25H22N6OS. The molecule has 0 saturated carbocycles. The molecule has 3 aromatic heterocycles. The first-order chi connectivity index (χ1) is 16.2. The van der Waals surface area contributed by atoms with E-state index in [1.165, 1.54) is 10.4 Å². The van der Waals surface area contributed by atoms with Crippen molar-refractivity contribution in [1.29, 1.82) is 0 Å². The number of benzene rings is 2. The van der Waals surface area contributed by atoms with E-state index in [0.29, 0.717) is 6.54 Å². The highest BCUT2D eigenvalue weighted by atomic mass is 32.1. The molecule has 0 saturated heterocycles. The van der Waals surface area contributed by atoms with Crippen molar-refractivity contribution >= 4 is 49.9 Å². The standard InChI is InChI=1S/C25H22N6OS/c32-24(26-12-15-4-2-1-3-5-15)16-6-8-19-21(11-16)33-25-22(19)23(27-14-28-25)30-18-7-9-20-17(10-18)13-29-31-20/h1-5,7,9-10,13-14,16H,6,8,11-12H2,(H,26,32)(H,29,31)(H,27,28,30). The Balaban J connectivity index is 1.23. The highest BCUT2D eigenvalue weighted by Gasteiger charge is 2.29. The second-order valence-electron chi connectivity index (χ2n) is 8.35. The number of aromatic amines is 1. The lowest BCUT2D eigenvalue weighted by Crippen LogP contribution is -2.33. The van der Waals surface area contributed by atoms with E-state index in [4.69, 9.17) is 0 Å². The number of hydrogen-bond donors (Lipinski definition) is 3. The van der Waals surface area contributed by atoms with E-state index >= 15 is 0 Å². The van der Waals surface area contributed by atoms with Crippen LogP contribution in [-0.2, 0) is 24.2 Å². The first-order valence-corrected chi connectivity index (χ1v) is 11.8. The average molecular weight is 455 g/mol. The SMILES string of the molecule is O=C(NCc1ccccc1)C1CCc2c(sc3ncnc(Nc4ccc5[nH]ncc5c4)c23)C1. The quantitative estimate of drug-likeness (QED) is 0.357. The van der Waals surface area contributed by atoms with Crippen LogP contribution >= 0.6 is 11.3 Å². The Morgan fingerprint density at radius 1 is 1.15 bits per heavy atom. The lowest BCUT2D eigenvalue weighted by atomic mass is 9.87. The van der Waals surface area contributed by atoms with E-state index in [1.807, 2.05) is 48.7 Å². The molecule has 7 nitrogen and oxygen atoms in total. The van der Waals surface area contributed by atoms with Crippen molar-refractivity contribution in [2.45, 2.75) is 25.8 Å². The monoisotopic (exact) mass is 454 g/mol. The van der Waals surface area contributed by atoms with Gasteiger partial charge in [0, 0.05) is 28.4 Å². The number of rotatable bonds is 5. The number of hydrogen-bond acceptors (Lipinski definition) is 6. The van der Waals surface area contributed by atoms with Gasteiger partial charge in [0.25, 0.3) is 0 Å². The fraction of sp³-hybridized carbons (Fsp3) is 0.200. The molecule has 0 spiro atoms. The van der Waals surface area contributed by atoms with E-state index in [1.54, 1.807) is 17.7 Å². The molecule has 1 aliphatic carbocycles. The van der Waals surface area contributed by atoms with Crippen molar-refractivity contribution in [1.82, 2.24) is 25.5 Å². The number of thiophene rings is 1. The molecule has 2 aromatic carbocycles. The van der Waals surface area contributed by atoms with Gasteiger partial charge in [0.1, 0.15) is 17.0 Å². The van der Waals surface area contributed by atoms with Gasteiger partial charge in [-0.2, -0.15) is 5.10 Å². The summed E-state index contributed by atoms with van der Waals surface area (Å²) in [5.41, 5.74) is 4.34. The van der Waals surface area contributed by atoms with Crippen LogP contribution in [-0.4, -0.2) is 26.1 Å². The smallest absolute Gasteiger partial charge is 0.223 e. The molecule has 1 atom stereocenters. The van der Waals surface area contributed by atoms with Gasteiger partial charge < -0.3 is 10.6 Å². The maximum atomic E-state index is 12.8. The molecule has 6 rings (SSSR count). The summed E-state index contributed by atoms with van der Waals surface area (Å²) in [4.78, 5) is 24.1. The zero-order chi connectivity index (χ0) is 22.2. The lowest BCUT2D eigenvalue weighted by molar-refractivity contribution is -0.125. The molecule has 8 heteroatoms. The van der Waals surface area contributed by atoms with Crippen LogP contribution < -0.4 is 10.6 Å². The molecule has 0 radical (unpaired) electrons. The second-order valence-corrected chi connectivity index (χ2v) is 9.43. The summed E-state index contributed by atoms with van der Waals surface area (Å²) in [6.07, 6.45) is 5.84. The second kappa shape index (κ2) is 8.29. The summed E-state index contributed by atoms with van der Waals surface area (Å²) in [5.74, 6) is 0.925. The van der Waals surface area contributed by atoms with Gasteiger partial charge in [-0.05, 0) is 48.6 Å². The Bertz CT molecular complexity index is 1460. The number of amides is 1. The van der Waals surface area contributed by atoms with Crippen molar-refractivity contribution in [3.63, 3.8) is 0 Å². The normalized spacial score (nSPS) is 15.5. The number of H-pyrrole nitrogens is 1. The first kappa shape index (κ1) is 19.9. The van der Waals surface area contributed by atoms with E-state index < -0.39 is 0 Å². The number of aromatic nitrogens is 4. The molecule has 3 N–H and O–H groups in total. The maximum Gasteiger partial charge on any atom is 0.223 e. The van der Waals surface area contributed by atoms with Crippen LogP contribution in [0.15, 0.2) is 61.1 Å². The molecule has 164 valence electrons. The Kier molecular flexibility index (Phi) is 4.99. The number of nitrogens with one attached hydrogen (secondary N) is 3. The summed E-state index contributed by atoms with van der Waals surface area (Å²) >= 11 is 1.68. The molecule has 3 heterocycles. The minimum atomic E-state index is -0.0119. The van der Waals surface area contributed by atoms with Crippen LogP contribution in [0, 0.1) is 5.92 Å². The number of aryl methyl sites for hydroxylation is 1. The van der Waals surface area contributed by atoms with E-state index in [0.717, 1.165) is 57.5 Å². The summed E-state index contributed by atoms with van der Waals surface area (Å²) in [5, 5.41) is 15.8. The number of anilines is 2. The number of fused-ring (bicyclic) bond motifs is 4. The minimum absolute atomic E-state index is 0.0119. The van der Waals surface area contributed by atoms with Gasteiger partial charge in [0.05, 0.1) is 17.1 Å². The summed E-state index contributed by atoms with van der Waals surface area (Å²) in [6, 6.07) is 16.1. The van der Waals surface area contributed by atoms with Gasteiger partial charge in [-0.1, -0.05) is 30.3 Å². The Hall–Kier alpha value is -3.78. The molecule has 1 amide bonds. The molecular weight excluding hydrogens is 432 g/mol. The van der Waals surface area contributed by atoms with E-state index in [2.05, 4.69) is 36.9 Å². The largest absolute Gasteiger partial charge is 0.352 e. The van der Waals surface area contributed by atoms with Gasteiger partial charge >= 0.3 is 0 Å². The third-order valence-electron chi connectivity index (χ3n) is 6.23. The molecule has 0 fully saturated rings. The van der Waals surface area contributed by atoms with Gasteiger partial charge in [-0.25, -0.2) is 9.97 Å². The van der Waals surface area contributed by atoms with E-state index in [-0.39, 0.29) is 11.8 Å². The number of carbonyl (C=O) groups is 1. The van der Waals surface area contributed by atoms with Crippen LogP contribution in [0.2, 0.25) is 0 Å². The molecule has 0 aliphatic heterocycles. The Morgan fingerprint density at radius 3 is 2.97 bits per heavy atom. The highest BCUT2D eigenvalue weighted by molar-refractivity contribution is 7.19. The van der Waals surface area contributed by atoms with Crippen molar-refractivity contribution in [3.05, 3.63) is 77.1 Å². The average Bonchev–Trinajstić information content (AvgIpc) is 3.47. The van der Waals surface area contributed by atoms with Crippen LogP contribution in [0.25, 0.3) is 21.1 Å². The fourth-order valence-electron chi connectivity index (χ4n) is 4.52. The number of carbonyl (C=O) groups excluding carboxylic acids is 1. The van der Waals surface area contributed by atoms with E-state index in [9.17, 15) is 4.79 Å². The minimum Gasteiger partial charge on any atom is -0.352 e. The summed E-state index contributed by atoms with van der Waals surface area (Å²) < 4.78 is 0. The lowest BCUT2D eigenvalue weighted by Gasteiger charge is -2.22. The third kappa shape index (κ3) is 3.82. The number of nitrogens with zero attached hydrogens (tertiary/aromatic N) is 3. The zero-order valence-corrected chi connectivity index (χ0v) is 18.7. The van der Waals surface area contributed by atoms with Gasteiger partial charge in [-0.3, -0.25) is 9.89 Å². The van der Waals surface area contributed by atoms with Crippen LogP contribution in [0.3, 0.4) is 0 Å². The van der Waals surface area contributed by atoms with Gasteiger partial charge in [0.15, 0.2) is 0 Å². The summed E-state index contributed by atoms with van der Waals surface area (Å²) in [7, 11) is 0. The Labute approximate surface area is 194 Å². The molecule has 1 aliphatic rings. The van der Waals surface area contributed by atoms with Crippen molar-refractivity contribution < 1.29 is 4.79 Å². The third-order valence-corrected chi connectivity index (χ3v) is 7.39. The van der Waals surface area contributed by atoms with Crippen molar-refractivity contribution in [2.24, 2.45) is 5.92 Å². The van der Waals surface area contributed by atoms with Crippen molar-refractivity contribution in [3.8, 4) is 0 Å². The predicted molar refractivity (Wildman–Crippen MR) is 131 cm³/mol. The van der Waals surface area contributed by atoms with Crippen LogP contribution in [0.5, 0.6) is 0 Å². The maximum absolute atomic E-state index is 12.8. The fourth-order valence-corrected chi connectivity index (χ4v) is 5.78. The molecule has 1 unspecified atom stereocenters. The topological polar surface area (TPSA) is 95.6 Å².